The second kappa shape index (κ2) is 8.05. The largest absolute Gasteiger partial charge is 0.365 e. The van der Waals surface area contributed by atoms with E-state index in [-0.39, 0.29) is 17.6 Å². The number of likely N-dealkylation sites (tertiary alicyclic amines) is 1. The molecule has 2 aromatic rings. The van der Waals surface area contributed by atoms with Crippen LogP contribution in [-0.4, -0.2) is 59.2 Å². The molecule has 1 aromatic heterocycles. The molecule has 0 saturated carbocycles. The van der Waals surface area contributed by atoms with Crippen molar-refractivity contribution in [2.75, 3.05) is 33.7 Å². The summed E-state index contributed by atoms with van der Waals surface area (Å²) in [5.74, 6) is -0.365. The molecule has 1 fully saturated rings. The predicted molar refractivity (Wildman–Crippen MR) is 108 cm³/mol. The van der Waals surface area contributed by atoms with Gasteiger partial charge in [-0.1, -0.05) is 17.7 Å². The maximum Gasteiger partial charge on any atom is 0.228 e. The molecule has 1 aromatic carbocycles. The summed E-state index contributed by atoms with van der Waals surface area (Å²) in [4.78, 5) is 16.7. The number of rotatable bonds is 5. The Kier molecular flexibility index (Phi) is 5.64. The van der Waals surface area contributed by atoms with Crippen molar-refractivity contribution in [3.05, 3.63) is 52.6 Å². The Morgan fingerprint density at radius 1 is 1.34 bits per heavy atom. The number of ether oxygens (including phenoxy) is 1. The van der Waals surface area contributed by atoms with E-state index in [2.05, 4.69) is 10.00 Å². The first kappa shape index (κ1) is 20.3. The number of amides is 1. The first-order valence-corrected chi connectivity index (χ1v) is 10.3. The Bertz CT molecular complexity index is 893. The average Bonchev–Trinajstić information content (AvgIpc) is 3.26. The molecule has 0 N–H and O–H groups in total. The summed E-state index contributed by atoms with van der Waals surface area (Å²) >= 11 is 5.97. The van der Waals surface area contributed by atoms with Gasteiger partial charge in [-0.3, -0.25) is 9.48 Å². The molecule has 1 amide bonds. The number of aromatic nitrogens is 2. The number of hydrogen-bond donors (Lipinski definition) is 0. The lowest BCUT2D eigenvalue weighted by molar-refractivity contribution is -0.135. The number of benzene rings is 1. The van der Waals surface area contributed by atoms with Gasteiger partial charge < -0.3 is 14.5 Å². The molecule has 1 atom stereocenters. The van der Waals surface area contributed by atoms with E-state index in [1.54, 1.807) is 42.1 Å². The third kappa shape index (κ3) is 4.17. The molecule has 8 heteroatoms. The predicted octanol–water partition coefficient (Wildman–Crippen LogP) is 2.90. The van der Waals surface area contributed by atoms with Crippen molar-refractivity contribution >= 4 is 17.5 Å². The van der Waals surface area contributed by atoms with Gasteiger partial charge in [0.05, 0.1) is 35.9 Å². The van der Waals surface area contributed by atoms with E-state index in [0.29, 0.717) is 24.7 Å². The molecule has 0 radical (unpaired) electrons. The Labute approximate surface area is 175 Å². The van der Waals surface area contributed by atoms with Crippen molar-refractivity contribution in [1.29, 1.82) is 0 Å². The first-order chi connectivity index (χ1) is 13.9. The van der Waals surface area contributed by atoms with Gasteiger partial charge in [-0.15, -0.1) is 0 Å². The fraction of sp³-hybridized carbons (Fsp3) is 0.524. The maximum atomic E-state index is 13.8. The SMILES string of the molecule is CN(C)C(=O)C(CN1CCC2(CC1)OCc1ccc(F)cc12)Cn1cc(Cl)cn1. The molecule has 1 unspecified atom stereocenters. The van der Waals surface area contributed by atoms with Crippen LogP contribution in [-0.2, 0) is 28.3 Å². The minimum absolute atomic E-state index is 0.0708. The van der Waals surface area contributed by atoms with Gasteiger partial charge in [0, 0.05) is 39.9 Å². The molecule has 4 rings (SSSR count). The monoisotopic (exact) mass is 420 g/mol. The van der Waals surface area contributed by atoms with Crippen LogP contribution in [0.15, 0.2) is 30.6 Å². The van der Waals surface area contributed by atoms with Gasteiger partial charge in [0.15, 0.2) is 0 Å². The maximum absolute atomic E-state index is 13.8. The van der Waals surface area contributed by atoms with E-state index < -0.39 is 5.60 Å². The van der Waals surface area contributed by atoms with Crippen molar-refractivity contribution in [3.63, 3.8) is 0 Å². The van der Waals surface area contributed by atoms with Crippen LogP contribution in [0.5, 0.6) is 0 Å². The zero-order chi connectivity index (χ0) is 20.6. The van der Waals surface area contributed by atoms with Crippen LogP contribution < -0.4 is 0 Å². The summed E-state index contributed by atoms with van der Waals surface area (Å²) in [7, 11) is 3.54. The molecule has 0 aliphatic carbocycles. The lowest BCUT2D eigenvalue weighted by atomic mass is 9.83. The van der Waals surface area contributed by atoms with Crippen molar-refractivity contribution in [2.45, 2.75) is 31.6 Å². The van der Waals surface area contributed by atoms with Crippen molar-refractivity contribution in [2.24, 2.45) is 5.92 Å². The highest BCUT2D eigenvalue weighted by Crippen LogP contribution is 2.44. The number of fused-ring (bicyclic) bond motifs is 2. The molecule has 2 aliphatic rings. The average molecular weight is 421 g/mol. The molecule has 29 heavy (non-hydrogen) atoms. The van der Waals surface area contributed by atoms with E-state index in [1.165, 1.54) is 6.07 Å². The molecule has 1 saturated heterocycles. The van der Waals surface area contributed by atoms with Crippen LogP contribution in [0.25, 0.3) is 0 Å². The van der Waals surface area contributed by atoms with Gasteiger partial charge in [0.2, 0.25) is 5.91 Å². The minimum Gasteiger partial charge on any atom is -0.365 e. The van der Waals surface area contributed by atoms with Crippen molar-refractivity contribution < 1.29 is 13.9 Å². The second-order valence-corrected chi connectivity index (χ2v) is 8.63. The van der Waals surface area contributed by atoms with Crippen LogP contribution >= 0.6 is 11.6 Å². The number of carbonyl (C=O) groups is 1. The third-order valence-corrected chi connectivity index (χ3v) is 6.20. The van der Waals surface area contributed by atoms with E-state index in [4.69, 9.17) is 16.3 Å². The quantitative estimate of drug-likeness (QED) is 0.746. The number of nitrogens with zero attached hydrogens (tertiary/aromatic N) is 4. The molecular weight excluding hydrogens is 395 g/mol. The standard InChI is InChI=1S/C21H26ClFN4O2/c1-25(2)20(28)16(12-27-13-17(22)10-24-27)11-26-7-5-21(6-8-26)19-9-18(23)4-3-15(19)14-29-21/h3-4,9-10,13,16H,5-8,11-12,14H2,1-2H3. The Hall–Kier alpha value is -1.96. The summed E-state index contributed by atoms with van der Waals surface area (Å²) in [6.07, 6.45) is 4.90. The van der Waals surface area contributed by atoms with Crippen LogP contribution in [0.2, 0.25) is 5.02 Å². The highest BCUT2D eigenvalue weighted by Gasteiger charge is 2.43. The van der Waals surface area contributed by atoms with Gasteiger partial charge in [-0.25, -0.2) is 4.39 Å². The summed E-state index contributed by atoms with van der Waals surface area (Å²) in [6, 6.07) is 4.94. The normalized spacial score (nSPS) is 19.3. The number of carbonyl (C=O) groups excluding carboxylic acids is 1. The van der Waals surface area contributed by atoms with Gasteiger partial charge in [-0.05, 0) is 36.1 Å². The van der Waals surface area contributed by atoms with Crippen LogP contribution in [0.3, 0.4) is 0 Å². The van der Waals surface area contributed by atoms with E-state index in [1.807, 2.05) is 6.07 Å². The summed E-state index contributed by atoms with van der Waals surface area (Å²) in [6.45, 7) is 3.26. The van der Waals surface area contributed by atoms with Crippen LogP contribution in [0.4, 0.5) is 4.39 Å². The minimum atomic E-state index is -0.398. The fourth-order valence-corrected chi connectivity index (χ4v) is 4.61. The van der Waals surface area contributed by atoms with E-state index in [9.17, 15) is 9.18 Å². The fourth-order valence-electron chi connectivity index (χ4n) is 4.46. The second-order valence-electron chi connectivity index (χ2n) is 8.20. The summed E-state index contributed by atoms with van der Waals surface area (Å²) in [5, 5.41) is 4.78. The molecule has 2 aliphatic heterocycles. The Balaban J connectivity index is 1.43. The van der Waals surface area contributed by atoms with Crippen molar-refractivity contribution in [1.82, 2.24) is 19.6 Å². The molecular formula is C21H26ClFN4O2. The van der Waals surface area contributed by atoms with Gasteiger partial charge >= 0.3 is 0 Å². The molecule has 156 valence electrons. The van der Waals surface area contributed by atoms with Crippen molar-refractivity contribution in [3.8, 4) is 0 Å². The highest BCUT2D eigenvalue weighted by molar-refractivity contribution is 6.30. The van der Waals surface area contributed by atoms with Gasteiger partial charge in [0.25, 0.3) is 0 Å². The molecule has 6 nitrogen and oxygen atoms in total. The topological polar surface area (TPSA) is 50.6 Å². The lowest BCUT2D eigenvalue weighted by Crippen LogP contribution is -2.47. The third-order valence-electron chi connectivity index (χ3n) is 6.01. The zero-order valence-corrected chi connectivity index (χ0v) is 17.5. The summed E-state index contributed by atoms with van der Waals surface area (Å²) < 4.78 is 21.7. The highest BCUT2D eigenvalue weighted by atomic mass is 35.5. The van der Waals surface area contributed by atoms with Gasteiger partial charge in [-0.2, -0.15) is 5.10 Å². The Morgan fingerprint density at radius 2 is 2.10 bits per heavy atom. The molecule has 1 spiro atoms. The summed E-state index contributed by atoms with van der Waals surface area (Å²) in [5.41, 5.74) is 1.67. The first-order valence-electron chi connectivity index (χ1n) is 9.91. The number of halogens is 2. The van der Waals surface area contributed by atoms with Gasteiger partial charge in [0.1, 0.15) is 5.82 Å². The zero-order valence-electron chi connectivity index (χ0n) is 16.8. The smallest absolute Gasteiger partial charge is 0.228 e. The molecule has 0 bridgehead atoms. The Morgan fingerprint density at radius 3 is 2.76 bits per heavy atom. The number of hydrogen-bond acceptors (Lipinski definition) is 4. The molecule has 3 heterocycles. The van der Waals surface area contributed by atoms with Crippen LogP contribution in [0, 0.1) is 11.7 Å². The lowest BCUT2D eigenvalue weighted by Gasteiger charge is -2.40. The van der Waals surface area contributed by atoms with E-state index >= 15 is 0 Å². The van der Waals surface area contributed by atoms with E-state index in [0.717, 1.165) is 37.1 Å². The number of piperidine rings is 1. The van der Waals surface area contributed by atoms with Crippen LogP contribution in [0.1, 0.15) is 24.0 Å².